The van der Waals surface area contributed by atoms with Crippen molar-refractivity contribution in [2.24, 2.45) is 0 Å². The Bertz CT molecular complexity index is 701. The molecule has 1 heterocycles. The molecule has 2 aromatic carbocycles. The van der Waals surface area contributed by atoms with Crippen molar-refractivity contribution in [3.8, 4) is 5.75 Å². The third-order valence-corrected chi connectivity index (χ3v) is 4.73. The molecule has 2 aromatic rings. The lowest BCUT2D eigenvalue weighted by Crippen LogP contribution is -2.36. The van der Waals surface area contributed by atoms with Crippen LogP contribution in [0.25, 0.3) is 0 Å². The molecule has 2 unspecified atom stereocenters. The largest absolute Gasteiger partial charge is 0.493 e. The SMILES string of the molecule is CCOc1ccccc1C(=O)N1CCCC1CC(O)c1ccccc1. The second-order valence-electron chi connectivity index (χ2n) is 6.39. The van der Waals surface area contributed by atoms with Gasteiger partial charge in [0.15, 0.2) is 0 Å². The number of aliphatic hydroxyl groups is 1. The normalized spacial score (nSPS) is 18.2. The number of carbonyl (C=O) groups is 1. The topological polar surface area (TPSA) is 49.8 Å². The number of nitrogens with zero attached hydrogens (tertiary/aromatic N) is 1. The second kappa shape index (κ2) is 8.17. The summed E-state index contributed by atoms with van der Waals surface area (Å²) in [5, 5.41) is 10.5. The number of hydrogen-bond donors (Lipinski definition) is 1. The van der Waals surface area contributed by atoms with E-state index in [0.717, 1.165) is 24.9 Å². The van der Waals surface area contributed by atoms with Crippen LogP contribution in [-0.4, -0.2) is 35.1 Å². The summed E-state index contributed by atoms with van der Waals surface area (Å²) in [5.74, 6) is 0.621. The maximum absolute atomic E-state index is 13.0. The van der Waals surface area contributed by atoms with Crippen LogP contribution in [0.5, 0.6) is 5.75 Å². The molecule has 1 N–H and O–H groups in total. The molecule has 0 aliphatic carbocycles. The summed E-state index contributed by atoms with van der Waals surface area (Å²) in [5.41, 5.74) is 1.50. The van der Waals surface area contributed by atoms with E-state index >= 15 is 0 Å². The lowest BCUT2D eigenvalue weighted by molar-refractivity contribution is 0.0663. The summed E-state index contributed by atoms with van der Waals surface area (Å²) in [6, 6.07) is 17.1. The van der Waals surface area contributed by atoms with Crippen LogP contribution < -0.4 is 4.74 Å². The summed E-state index contributed by atoms with van der Waals surface area (Å²) in [6.45, 7) is 3.17. The van der Waals surface area contributed by atoms with Crippen LogP contribution in [0, 0.1) is 0 Å². The summed E-state index contributed by atoms with van der Waals surface area (Å²) >= 11 is 0. The Morgan fingerprint density at radius 1 is 1.20 bits per heavy atom. The van der Waals surface area contributed by atoms with E-state index in [1.54, 1.807) is 0 Å². The zero-order valence-corrected chi connectivity index (χ0v) is 14.6. The molecule has 4 heteroatoms. The molecule has 132 valence electrons. The minimum atomic E-state index is -0.554. The van der Waals surface area contributed by atoms with E-state index in [4.69, 9.17) is 4.74 Å². The average Bonchev–Trinajstić information content (AvgIpc) is 3.10. The van der Waals surface area contributed by atoms with Crippen molar-refractivity contribution in [1.29, 1.82) is 0 Å². The molecular weight excluding hydrogens is 314 g/mol. The Labute approximate surface area is 149 Å². The summed E-state index contributed by atoms with van der Waals surface area (Å²) in [7, 11) is 0. The monoisotopic (exact) mass is 339 g/mol. The Hall–Kier alpha value is -2.33. The van der Waals surface area contributed by atoms with E-state index < -0.39 is 6.10 Å². The van der Waals surface area contributed by atoms with Gasteiger partial charge in [-0.05, 0) is 43.9 Å². The van der Waals surface area contributed by atoms with Crippen LogP contribution in [0.4, 0.5) is 0 Å². The number of aliphatic hydroxyl groups excluding tert-OH is 1. The quantitative estimate of drug-likeness (QED) is 0.870. The maximum atomic E-state index is 13.0. The first-order chi connectivity index (χ1) is 12.2. The highest BCUT2D eigenvalue weighted by Gasteiger charge is 2.32. The van der Waals surface area contributed by atoms with Crippen molar-refractivity contribution < 1.29 is 14.6 Å². The van der Waals surface area contributed by atoms with Crippen molar-refractivity contribution in [3.63, 3.8) is 0 Å². The van der Waals surface area contributed by atoms with E-state index in [0.29, 0.717) is 24.3 Å². The van der Waals surface area contributed by atoms with Crippen LogP contribution in [0.15, 0.2) is 54.6 Å². The molecular formula is C21H25NO3. The number of para-hydroxylation sites is 1. The van der Waals surface area contributed by atoms with Gasteiger partial charge in [-0.25, -0.2) is 0 Å². The lowest BCUT2D eigenvalue weighted by Gasteiger charge is -2.27. The molecule has 2 atom stereocenters. The van der Waals surface area contributed by atoms with Gasteiger partial charge in [0, 0.05) is 12.6 Å². The number of likely N-dealkylation sites (tertiary alicyclic amines) is 1. The molecule has 1 amide bonds. The smallest absolute Gasteiger partial charge is 0.257 e. The van der Waals surface area contributed by atoms with Crippen molar-refractivity contribution in [3.05, 3.63) is 65.7 Å². The van der Waals surface area contributed by atoms with Crippen molar-refractivity contribution in [2.75, 3.05) is 13.2 Å². The van der Waals surface area contributed by atoms with Crippen LogP contribution in [0.2, 0.25) is 0 Å². The molecule has 1 aliphatic rings. The van der Waals surface area contributed by atoms with Crippen LogP contribution >= 0.6 is 0 Å². The Kier molecular flexibility index (Phi) is 5.71. The fourth-order valence-electron chi connectivity index (χ4n) is 3.50. The summed E-state index contributed by atoms with van der Waals surface area (Å²) in [6.07, 6.45) is 1.90. The van der Waals surface area contributed by atoms with Crippen molar-refractivity contribution in [2.45, 2.75) is 38.3 Å². The molecule has 0 saturated carbocycles. The summed E-state index contributed by atoms with van der Waals surface area (Å²) < 4.78 is 5.61. The predicted molar refractivity (Wildman–Crippen MR) is 97.7 cm³/mol. The predicted octanol–water partition coefficient (Wildman–Crippen LogP) is 3.81. The van der Waals surface area contributed by atoms with Gasteiger partial charge in [-0.15, -0.1) is 0 Å². The van der Waals surface area contributed by atoms with Gasteiger partial charge in [-0.1, -0.05) is 42.5 Å². The zero-order chi connectivity index (χ0) is 17.6. The van der Waals surface area contributed by atoms with E-state index in [1.165, 1.54) is 0 Å². The number of hydrogen-bond acceptors (Lipinski definition) is 3. The fourth-order valence-corrected chi connectivity index (χ4v) is 3.50. The fraction of sp³-hybridized carbons (Fsp3) is 0.381. The van der Waals surface area contributed by atoms with E-state index in [1.807, 2.05) is 66.4 Å². The molecule has 1 aliphatic heterocycles. The molecule has 4 nitrogen and oxygen atoms in total. The lowest BCUT2D eigenvalue weighted by atomic mass is 10.00. The van der Waals surface area contributed by atoms with Crippen molar-refractivity contribution in [1.82, 2.24) is 4.90 Å². The minimum absolute atomic E-state index is 0.00758. The molecule has 0 bridgehead atoms. The first kappa shape index (κ1) is 17.5. The van der Waals surface area contributed by atoms with Crippen LogP contribution in [0.1, 0.15) is 48.2 Å². The van der Waals surface area contributed by atoms with Crippen LogP contribution in [-0.2, 0) is 0 Å². The molecule has 3 rings (SSSR count). The Morgan fingerprint density at radius 3 is 2.68 bits per heavy atom. The first-order valence-electron chi connectivity index (χ1n) is 8.96. The number of benzene rings is 2. The Morgan fingerprint density at radius 2 is 1.92 bits per heavy atom. The molecule has 0 radical (unpaired) electrons. The van der Waals surface area contributed by atoms with Gasteiger partial charge in [0.25, 0.3) is 5.91 Å². The van der Waals surface area contributed by atoms with Gasteiger partial charge in [-0.3, -0.25) is 4.79 Å². The minimum Gasteiger partial charge on any atom is -0.493 e. The standard InChI is InChI=1S/C21H25NO3/c1-2-25-20-13-7-6-12-18(20)21(24)22-14-8-11-17(22)15-19(23)16-9-4-3-5-10-16/h3-7,9-10,12-13,17,19,23H,2,8,11,14-15H2,1H3. The Balaban J connectivity index is 1.74. The number of ether oxygens (including phenoxy) is 1. The second-order valence-corrected chi connectivity index (χ2v) is 6.39. The van der Waals surface area contributed by atoms with Gasteiger partial charge in [0.1, 0.15) is 5.75 Å². The van der Waals surface area contributed by atoms with Gasteiger partial charge in [0.2, 0.25) is 0 Å². The van der Waals surface area contributed by atoms with Crippen LogP contribution in [0.3, 0.4) is 0 Å². The number of rotatable bonds is 6. The van der Waals surface area contributed by atoms with E-state index in [2.05, 4.69) is 0 Å². The average molecular weight is 339 g/mol. The number of amides is 1. The van der Waals surface area contributed by atoms with E-state index in [-0.39, 0.29) is 11.9 Å². The van der Waals surface area contributed by atoms with Gasteiger partial charge >= 0.3 is 0 Å². The summed E-state index contributed by atoms with van der Waals surface area (Å²) in [4.78, 5) is 14.9. The third-order valence-electron chi connectivity index (χ3n) is 4.73. The highest BCUT2D eigenvalue weighted by atomic mass is 16.5. The molecule has 0 aromatic heterocycles. The molecule has 1 saturated heterocycles. The zero-order valence-electron chi connectivity index (χ0n) is 14.6. The molecule has 1 fully saturated rings. The van der Waals surface area contributed by atoms with Gasteiger partial charge in [0.05, 0.1) is 18.3 Å². The molecule has 25 heavy (non-hydrogen) atoms. The first-order valence-corrected chi connectivity index (χ1v) is 8.96. The van der Waals surface area contributed by atoms with Crippen molar-refractivity contribution >= 4 is 5.91 Å². The molecule has 0 spiro atoms. The highest BCUT2D eigenvalue weighted by Crippen LogP contribution is 2.30. The number of carbonyl (C=O) groups excluding carboxylic acids is 1. The van der Waals surface area contributed by atoms with Gasteiger partial charge in [-0.2, -0.15) is 0 Å². The van der Waals surface area contributed by atoms with Gasteiger partial charge < -0.3 is 14.7 Å². The van der Waals surface area contributed by atoms with E-state index in [9.17, 15) is 9.90 Å². The highest BCUT2D eigenvalue weighted by molar-refractivity contribution is 5.97. The maximum Gasteiger partial charge on any atom is 0.257 e. The third kappa shape index (κ3) is 4.02.